The third kappa shape index (κ3) is 3.75. The summed E-state index contributed by atoms with van der Waals surface area (Å²) < 4.78 is 0. The number of aromatic nitrogens is 2. The summed E-state index contributed by atoms with van der Waals surface area (Å²) in [4.78, 5) is 37.3. The first kappa shape index (κ1) is 18.6. The number of benzene rings is 1. The zero-order valence-electron chi connectivity index (χ0n) is 16.5. The Hall–Kier alpha value is -2.80. The van der Waals surface area contributed by atoms with Crippen molar-refractivity contribution in [1.29, 1.82) is 0 Å². The van der Waals surface area contributed by atoms with Gasteiger partial charge in [-0.25, -0.2) is 9.97 Å². The SMILES string of the molecule is CC(=O)c1ccc(NC(=O)CN2C3CC2CN(c2cc(C)nc(C)n2)C3)cc1. The largest absolute Gasteiger partial charge is 0.353 e. The molecule has 3 fully saturated rings. The van der Waals surface area contributed by atoms with Gasteiger partial charge < -0.3 is 10.2 Å². The van der Waals surface area contributed by atoms with Gasteiger partial charge in [-0.05, 0) is 51.5 Å². The maximum absolute atomic E-state index is 12.5. The van der Waals surface area contributed by atoms with Crippen molar-refractivity contribution in [2.45, 2.75) is 39.3 Å². The van der Waals surface area contributed by atoms with E-state index in [0.717, 1.165) is 36.8 Å². The van der Waals surface area contributed by atoms with Crippen LogP contribution in [0.3, 0.4) is 0 Å². The summed E-state index contributed by atoms with van der Waals surface area (Å²) in [5.74, 6) is 1.77. The van der Waals surface area contributed by atoms with E-state index in [0.29, 0.717) is 29.9 Å². The first-order valence-electron chi connectivity index (χ1n) is 9.63. The van der Waals surface area contributed by atoms with Gasteiger partial charge in [0.2, 0.25) is 5.91 Å². The van der Waals surface area contributed by atoms with Crippen molar-refractivity contribution >= 4 is 23.2 Å². The van der Waals surface area contributed by atoms with Crippen LogP contribution < -0.4 is 10.2 Å². The van der Waals surface area contributed by atoms with Crippen molar-refractivity contribution in [3.63, 3.8) is 0 Å². The van der Waals surface area contributed by atoms with Crippen molar-refractivity contribution < 1.29 is 9.59 Å². The van der Waals surface area contributed by atoms with Gasteiger partial charge in [-0.15, -0.1) is 0 Å². The monoisotopic (exact) mass is 379 g/mol. The summed E-state index contributed by atoms with van der Waals surface area (Å²) in [6.45, 7) is 7.59. The van der Waals surface area contributed by atoms with Gasteiger partial charge in [0.15, 0.2) is 5.78 Å². The van der Waals surface area contributed by atoms with Crippen molar-refractivity contribution in [1.82, 2.24) is 14.9 Å². The Labute approximate surface area is 164 Å². The van der Waals surface area contributed by atoms with E-state index in [1.165, 1.54) is 6.92 Å². The Morgan fingerprint density at radius 2 is 1.79 bits per heavy atom. The highest BCUT2D eigenvalue weighted by Gasteiger charge is 2.45. The number of Topliss-reactive ketones (excluding diaryl/α,β-unsaturated/α-hetero) is 1. The second kappa shape index (κ2) is 7.31. The van der Waals surface area contributed by atoms with Crippen LogP contribution in [-0.2, 0) is 4.79 Å². The molecule has 28 heavy (non-hydrogen) atoms. The lowest BCUT2D eigenvalue weighted by Gasteiger charge is -2.56. The highest BCUT2D eigenvalue weighted by atomic mass is 16.2. The van der Waals surface area contributed by atoms with Crippen LogP contribution in [-0.4, -0.2) is 58.3 Å². The number of carbonyl (C=O) groups is 2. The Bertz CT molecular complexity index is 879. The molecule has 1 aromatic heterocycles. The van der Waals surface area contributed by atoms with Crippen LogP contribution >= 0.6 is 0 Å². The predicted octanol–water partition coefficient (Wildman–Crippen LogP) is 2.20. The fraction of sp³-hybridized carbons (Fsp3) is 0.429. The number of piperazine rings is 1. The summed E-state index contributed by atoms with van der Waals surface area (Å²) >= 11 is 0. The van der Waals surface area contributed by atoms with E-state index in [4.69, 9.17) is 0 Å². The van der Waals surface area contributed by atoms with Crippen molar-refractivity contribution in [2.75, 3.05) is 29.9 Å². The standard InChI is InChI=1S/C21H25N5O2/c1-13-8-20(23-15(3)22-13)25-10-18-9-19(11-25)26(18)12-21(28)24-17-6-4-16(5-7-17)14(2)27/h4-8,18-19H,9-12H2,1-3H3,(H,24,28). The molecule has 2 bridgehead atoms. The molecular formula is C21H25N5O2. The Morgan fingerprint density at radius 3 is 2.39 bits per heavy atom. The quantitative estimate of drug-likeness (QED) is 0.803. The normalized spacial score (nSPS) is 21.2. The van der Waals surface area contributed by atoms with Crippen LogP contribution in [0.25, 0.3) is 0 Å². The minimum atomic E-state index is -0.0209. The second-order valence-corrected chi connectivity index (χ2v) is 7.72. The molecule has 5 rings (SSSR count). The number of hydrogen-bond acceptors (Lipinski definition) is 6. The summed E-state index contributed by atoms with van der Waals surface area (Å²) in [6, 6.07) is 9.79. The van der Waals surface area contributed by atoms with Gasteiger partial charge in [-0.1, -0.05) is 0 Å². The maximum atomic E-state index is 12.5. The molecule has 146 valence electrons. The Balaban J connectivity index is 1.33. The average molecular weight is 379 g/mol. The molecule has 1 amide bonds. The highest BCUT2D eigenvalue weighted by molar-refractivity contribution is 5.96. The van der Waals surface area contributed by atoms with Gasteiger partial charge in [-0.3, -0.25) is 14.5 Å². The molecule has 1 N–H and O–H groups in total. The molecule has 2 unspecified atom stereocenters. The first-order valence-corrected chi connectivity index (χ1v) is 9.63. The predicted molar refractivity (Wildman–Crippen MR) is 108 cm³/mol. The van der Waals surface area contributed by atoms with Crippen LogP contribution in [0, 0.1) is 13.8 Å². The van der Waals surface area contributed by atoms with Crippen LogP contribution in [0.15, 0.2) is 30.3 Å². The molecule has 4 heterocycles. The molecule has 3 aliphatic heterocycles. The average Bonchev–Trinajstić information content (AvgIpc) is 2.66. The minimum absolute atomic E-state index is 0.0184. The Kier molecular flexibility index (Phi) is 4.85. The number of rotatable bonds is 5. The van der Waals surface area contributed by atoms with Crippen LogP contribution in [0.4, 0.5) is 11.5 Å². The van der Waals surface area contributed by atoms with Crippen LogP contribution in [0.2, 0.25) is 0 Å². The van der Waals surface area contributed by atoms with Gasteiger partial charge in [0.25, 0.3) is 0 Å². The maximum Gasteiger partial charge on any atom is 0.238 e. The molecule has 0 aliphatic carbocycles. The van der Waals surface area contributed by atoms with Crippen molar-refractivity contribution in [3.8, 4) is 0 Å². The topological polar surface area (TPSA) is 78.4 Å². The molecule has 3 saturated heterocycles. The number of piperidine rings is 1. The molecule has 0 spiro atoms. The number of carbonyl (C=O) groups excluding carboxylic acids is 2. The third-order valence-electron chi connectivity index (χ3n) is 5.52. The van der Waals surface area contributed by atoms with E-state index >= 15 is 0 Å². The molecule has 7 heteroatoms. The minimum Gasteiger partial charge on any atom is -0.353 e. The van der Waals surface area contributed by atoms with E-state index in [1.807, 2.05) is 19.9 Å². The van der Waals surface area contributed by atoms with E-state index in [2.05, 4.69) is 25.1 Å². The summed E-state index contributed by atoms with van der Waals surface area (Å²) in [7, 11) is 0. The molecular weight excluding hydrogens is 354 g/mol. The zero-order chi connectivity index (χ0) is 19.8. The van der Waals surface area contributed by atoms with Gasteiger partial charge in [-0.2, -0.15) is 0 Å². The molecule has 0 radical (unpaired) electrons. The molecule has 2 aromatic rings. The third-order valence-corrected chi connectivity index (χ3v) is 5.52. The second-order valence-electron chi connectivity index (χ2n) is 7.72. The molecule has 0 saturated carbocycles. The lowest BCUT2D eigenvalue weighted by molar-refractivity contribution is -0.121. The first-order chi connectivity index (χ1) is 13.4. The number of hydrogen-bond donors (Lipinski definition) is 1. The summed E-state index contributed by atoms with van der Waals surface area (Å²) in [5, 5.41) is 2.93. The molecule has 1 aromatic carbocycles. The molecule has 7 nitrogen and oxygen atoms in total. The van der Waals surface area contributed by atoms with Crippen molar-refractivity contribution in [2.24, 2.45) is 0 Å². The van der Waals surface area contributed by atoms with E-state index < -0.39 is 0 Å². The number of nitrogens with one attached hydrogen (secondary N) is 1. The number of aryl methyl sites for hydroxylation is 2. The number of fused-ring (bicyclic) bond motifs is 2. The number of anilines is 2. The lowest BCUT2D eigenvalue weighted by Crippen LogP contribution is -2.69. The lowest BCUT2D eigenvalue weighted by atomic mass is 9.87. The van der Waals surface area contributed by atoms with Gasteiger partial charge >= 0.3 is 0 Å². The zero-order valence-corrected chi connectivity index (χ0v) is 16.5. The fourth-order valence-electron chi connectivity index (χ4n) is 4.15. The molecule has 2 atom stereocenters. The number of ketones is 1. The van der Waals surface area contributed by atoms with E-state index in [-0.39, 0.29) is 11.7 Å². The van der Waals surface area contributed by atoms with Crippen molar-refractivity contribution in [3.05, 3.63) is 47.4 Å². The summed E-state index contributed by atoms with van der Waals surface area (Å²) in [6.07, 6.45) is 1.13. The van der Waals surface area contributed by atoms with E-state index in [1.54, 1.807) is 24.3 Å². The van der Waals surface area contributed by atoms with Crippen LogP contribution in [0.5, 0.6) is 0 Å². The smallest absolute Gasteiger partial charge is 0.238 e. The van der Waals surface area contributed by atoms with Gasteiger partial charge in [0.1, 0.15) is 11.6 Å². The van der Waals surface area contributed by atoms with Gasteiger partial charge in [0.05, 0.1) is 6.54 Å². The Morgan fingerprint density at radius 1 is 1.11 bits per heavy atom. The highest BCUT2D eigenvalue weighted by Crippen LogP contribution is 2.34. The fourth-order valence-corrected chi connectivity index (χ4v) is 4.15. The van der Waals surface area contributed by atoms with Crippen LogP contribution in [0.1, 0.15) is 35.2 Å². The summed E-state index contributed by atoms with van der Waals surface area (Å²) in [5.41, 5.74) is 2.34. The van der Waals surface area contributed by atoms with Gasteiger partial charge in [0, 0.05) is 48.2 Å². The number of amides is 1. The van der Waals surface area contributed by atoms with E-state index in [9.17, 15) is 9.59 Å². The molecule has 3 aliphatic rings. The number of nitrogens with zero attached hydrogens (tertiary/aromatic N) is 4.